The number of benzene rings is 1. The smallest absolute Gasteiger partial charge is 0.254 e. The number of aromatic amines is 1. The predicted octanol–water partition coefficient (Wildman–Crippen LogP) is 3.33. The summed E-state index contributed by atoms with van der Waals surface area (Å²) in [6.07, 6.45) is 3.17. The molecule has 1 aromatic carbocycles. The van der Waals surface area contributed by atoms with Crippen LogP contribution in [0, 0.1) is 13.8 Å². The standard InChI is InChI=1S/C20H23N5O2/c1-12-17(13(2)24-23-12)14(3)25(4)20(26)16-8-6-7-15(11-16)18-19(27-5)22-10-9-21-18/h6-11,14H,1-5H3,(H,23,24)/t14-/m0/s1. The van der Waals surface area contributed by atoms with E-state index in [4.69, 9.17) is 4.74 Å². The monoisotopic (exact) mass is 365 g/mol. The summed E-state index contributed by atoms with van der Waals surface area (Å²) >= 11 is 0. The summed E-state index contributed by atoms with van der Waals surface area (Å²) in [5.74, 6) is 0.348. The number of aryl methyl sites for hydroxylation is 2. The molecule has 2 aromatic heterocycles. The fourth-order valence-electron chi connectivity index (χ4n) is 3.22. The molecule has 7 heteroatoms. The Labute approximate surface area is 158 Å². The molecule has 0 radical (unpaired) electrons. The van der Waals surface area contributed by atoms with Crippen molar-refractivity contribution in [1.29, 1.82) is 0 Å². The summed E-state index contributed by atoms with van der Waals surface area (Å²) < 4.78 is 5.28. The van der Waals surface area contributed by atoms with Gasteiger partial charge in [0.05, 0.1) is 18.8 Å². The van der Waals surface area contributed by atoms with Crippen LogP contribution >= 0.6 is 0 Å². The van der Waals surface area contributed by atoms with E-state index in [9.17, 15) is 4.79 Å². The van der Waals surface area contributed by atoms with Crippen molar-refractivity contribution in [2.75, 3.05) is 14.2 Å². The third kappa shape index (κ3) is 3.53. The van der Waals surface area contributed by atoms with Crippen LogP contribution in [0.25, 0.3) is 11.3 Å². The minimum atomic E-state index is -0.106. The molecule has 7 nitrogen and oxygen atoms in total. The highest BCUT2D eigenvalue weighted by molar-refractivity contribution is 5.95. The van der Waals surface area contributed by atoms with E-state index in [1.54, 1.807) is 37.5 Å². The lowest BCUT2D eigenvalue weighted by atomic mass is 10.0. The zero-order valence-corrected chi connectivity index (χ0v) is 16.1. The Balaban J connectivity index is 1.91. The summed E-state index contributed by atoms with van der Waals surface area (Å²) in [4.78, 5) is 23.3. The predicted molar refractivity (Wildman–Crippen MR) is 103 cm³/mol. The normalized spacial score (nSPS) is 11.9. The molecule has 0 unspecified atom stereocenters. The number of aromatic nitrogens is 4. The molecule has 2 heterocycles. The molecule has 0 aliphatic heterocycles. The first-order chi connectivity index (χ1) is 12.9. The van der Waals surface area contributed by atoms with E-state index in [0.29, 0.717) is 17.1 Å². The number of hydrogen-bond donors (Lipinski definition) is 1. The van der Waals surface area contributed by atoms with Gasteiger partial charge in [-0.1, -0.05) is 12.1 Å². The lowest BCUT2D eigenvalue weighted by Crippen LogP contribution is -2.30. The maximum atomic E-state index is 13.1. The van der Waals surface area contributed by atoms with E-state index < -0.39 is 0 Å². The minimum absolute atomic E-state index is 0.0767. The Kier molecular flexibility index (Phi) is 5.21. The number of H-pyrrole nitrogens is 1. The molecule has 1 N–H and O–H groups in total. The van der Waals surface area contributed by atoms with Gasteiger partial charge in [-0.15, -0.1) is 0 Å². The first kappa shape index (κ1) is 18.6. The van der Waals surface area contributed by atoms with E-state index >= 15 is 0 Å². The molecule has 1 atom stereocenters. The van der Waals surface area contributed by atoms with Crippen LogP contribution in [0.5, 0.6) is 5.88 Å². The molecule has 27 heavy (non-hydrogen) atoms. The minimum Gasteiger partial charge on any atom is -0.479 e. The van der Waals surface area contributed by atoms with Crippen LogP contribution in [0.1, 0.15) is 40.3 Å². The van der Waals surface area contributed by atoms with Gasteiger partial charge >= 0.3 is 0 Å². The van der Waals surface area contributed by atoms with Crippen LogP contribution in [0.15, 0.2) is 36.7 Å². The summed E-state index contributed by atoms with van der Waals surface area (Å²) in [5, 5.41) is 7.21. The highest BCUT2D eigenvalue weighted by atomic mass is 16.5. The number of nitrogens with one attached hydrogen (secondary N) is 1. The Morgan fingerprint density at radius 2 is 1.96 bits per heavy atom. The van der Waals surface area contributed by atoms with Crippen LogP contribution in [0.4, 0.5) is 0 Å². The maximum Gasteiger partial charge on any atom is 0.254 e. The average Bonchev–Trinajstić information content (AvgIpc) is 3.04. The van der Waals surface area contributed by atoms with Crippen LogP contribution in [0.3, 0.4) is 0 Å². The highest BCUT2D eigenvalue weighted by Gasteiger charge is 2.23. The second-order valence-electron chi connectivity index (χ2n) is 6.43. The van der Waals surface area contributed by atoms with Gasteiger partial charge in [-0.3, -0.25) is 9.89 Å². The van der Waals surface area contributed by atoms with E-state index in [-0.39, 0.29) is 11.9 Å². The Hall–Kier alpha value is -3.22. The molecular weight excluding hydrogens is 342 g/mol. The SMILES string of the molecule is COc1nccnc1-c1cccc(C(=O)N(C)[C@@H](C)c2c(C)n[nH]c2C)c1. The molecule has 0 bridgehead atoms. The van der Waals surface area contributed by atoms with Gasteiger partial charge in [-0.25, -0.2) is 9.97 Å². The Morgan fingerprint density at radius 3 is 2.63 bits per heavy atom. The number of nitrogens with zero attached hydrogens (tertiary/aromatic N) is 4. The number of rotatable bonds is 5. The Bertz CT molecular complexity index is 947. The molecule has 3 aromatic rings. The van der Waals surface area contributed by atoms with Crippen molar-refractivity contribution >= 4 is 5.91 Å². The number of methoxy groups -OCH3 is 1. The zero-order chi connectivity index (χ0) is 19.6. The van der Waals surface area contributed by atoms with Gasteiger partial charge in [0, 0.05) is 41.8 Å². The lowest BCUT2D eigenvalue weighted by molar-refractivity contribution is 0.0742. The molecule has 3 rings (SSSR count). The summed E-state index contributed by atoms with van der Waals surface area (Å²) in [6.45, 7) is 5.90. The van der Waals surface area contributed by atoms with Crippen molar-refractivity contribution in [3.05, 3.63) is 59.2 Å². The van der Waals surface area contributed by atoms with Crippen molar-refractivity contribution in [3.63, 3.8) is 0 Å². The third-order valence-electron chi connectivity index (χ3n) is 4.75. The lowest BCUT2D eigenvalue weighted by Gasteiger charge is -2.25. The maximum absolute atomic E-state index is 13.1. The van der Waals surface area contributed by atoms with Crippen molar-refractivity contribution in [2.24, 2.45) is 0 Å². The number of carbonyl (C=O) groups excluding carboxylic acids is 1. The van der Waals surface area contributed by atoms with Crippen LogP contribution < -0.4 is 4.74 Å². The van der Waals surface area contributed by atoms with Gasteiger partial charge in [-0.05, 0) is 32.9 Å². The van der Waals surface area contributed by atoms with Gasteiger partial charge in [0.25, 0.3) is 5.91 Å². The van der Waals surface area contributed by atoms with Crippen molar-refractivity contribution in [2.45, 2.75) is 26.8 Å². The second-order valence-corrected chi connectivity index (χ2v) is 6.43. The van der Waals surface area contributed by atoms with Gasteiger partial charge < -0.3 is 9.64 Å². The number of amides is 1. The fraction of sp³-hybridized carbons (Fsp3) is 0.300. The zero-order valence-electron chi connectivity index (χ0n) is 16.1. The molecule has 0 fully saturated rings. The van der Waals surface area contributed by atoms with Crippen molar-refractivity contribution < 1.29 is 9.53 Å². The van der Waals surface area contributed by atoms with Crippen LogP contribution in [-0.2, 0) is 0 Å². The van der Waals surface area contributed by atoms with Crippen LogP contribution in [-0.4, -0.2) is 45.1 Å². The highest BCUT2D eigenvalue weighted by Crippen LogP contribution is 2.28. The van der Waals surface area contributed by atoms with E-state index in [1.165, 1.54) is 0 Å². The topological polar surface area (TPSA) is 84.0 Å². The van der Waals surface area contributed by atoms with Crippen molar-refractivity contribution in [1.82, 2.24) is 25.1 Å². The van der Waals surface area contributed by atoms with Gasteiger partial charge in [-0.2, -0.15) is 5.10 Å². The summed E-state index contributed by atoms with van der Waals surface area (Å²) in [5.41, 5.74) is 4.87. The van der Waals surface area contributed by atoms with Gasteiger partial charge in [0.2, 0.25) is 5.88 Å². The molecule has 0 saturated heterocycles. The average molecular weight is 365 g/mol. The van der Waals surface area contributed by atoms with E-state index in [2.05, 4.69) is 20.2 Å². The first-order valence-corrected chi connectivity index (χ1v) is 8.68. The molecule has 140 valence electrons. The third-order valence-corrected chi connectivity index (χ3v) is 4.75. The molecular formula is C20H23N5O2. The Morgan fingerprint density at radius 1 is 1.22 bits per heavy atom. The van der Waals surface area contributed by atoms with Crippen LogP contribution in [0.2, 0.25) is 0 Å². The van der Waals surface area contributed by atoms with E-state index in [0.717, 1.165) is 22.5 Å². The molecule has 0 spiro atoms. The summed E-state index contributed by atoms with van der Waals surface area (Å²) in [6, 6.07) is 7.23. The fourth-order valence-corrected chi connectivity index (χ4v) is 3.22. The summed E-state index contributed by atoms with van der Waals surface area (Å²) in [7, 11) is 3.35. The number of carbonyl (C=O) groups is 1. The number of hydrogen-bond acceptors (Lipinski definition) is 5. The molecule has 0 aliphatic rings. The largest absolute Gasteiger partial charge is 0.479 e. The van der Waals surface area contributed by atoms with E-state index in [1.807, 2.05) is 39.0 Å². The molecule has 1 amide bonds. The molecule has 0 aliphatic carbocycles. The van der Waals surface area contributed by atoms with Gasteiger partial charge in [0.15, 0.2) is 0 Å². The second kappa shape index (κ2) is 7.57. The van der Waals surface area contributed by atoms with Gasteiger partial charge in [0.1, 0.15) is 5.69 Å². The molecule has 0 saturated carbocycles. The first-order valence-electron chi connectivity index (χ1n) is 8.68. The quantitative estimate of drug-likeness (QED) is 0.750. The number of ether oxygens (including phenoxy) is 1. The van der Waals surface area contributed by atoms with Crippen molar-refractivity contribution in [3.8, 4) is 17.1 Å².